The van der Waals surface area contributed by atoms with Gasteiger partial charge in [-0.1, -0.05) is 122 Å². The molecule has 62 heavy (non-hydrogen) atoms. The van der Waals surface area contributed by atoms with Crippen LogP contribution in [0.5, 0.6) is 11.5 Å². The lowest BCUT2D eigenvalue weighted by Gasteiger charge is -2.33. The van der Waals surface area contributed by atoms with Gasteiger partial charge in [-0.05, 0) is 98.5 Å². The van der Waals surface area contributed by atoms with Crippen LogP contribution in [0.15, 0.2) is 158 Å². The summed E-state index contributed by atoms with van der Waals surface area (Å²) in [7, 11) is 0. The number of ether oxygens (including phenoxy) is 2. The van der Waals surface area contributed by atoms with Gasteiger partial charge in [-0.25, -0.2) is 0 Å². The average Bonchev–Trinajstić information content (AvgIpc) is 3.42. The number of nitrogens with one attached hydrogen (secondary N) is 2. The van der Waals surface area contributed by atoms with Crippen LogP contribution in [0.25, 0.3) is 21.5 Å². The van der Waals surface area contributed by atoms with Crippen LogP contribution in [-0.2, 0) is 9.59 Å². The van der Waals surface area contributed by atoms with Gasteiger partial charge in [0.05, 0.1) is 24.2 Å². The van der Waals surface area contributed by atoms with Crippen molar-refractivity contribution in [1.29, 1.82) is 0 Å². The second-order valence-electron chi connectivity index (χ2n) is 17.6. The highest BCUT2D eigenvalue weighted by molar-refractivity contribution is 6.03. The highest BCUT2D eigenvalue weighted by Gasteiger charge is 2.39. The molecule has 0 unspecified atom stereocenters. The SMILES string of the molecule is C=C1CN([C@@H](C(=O)NC(C)(C)C)c2cccc3ccccc23)C(=O)c2ccccc2O1.C=C1CN([C@@H](C(=O)NC(C)(C)C)c2cccc3ccccc23)C(=O)c2ccccc2O1. The van der Waals surface area contributed by atoms with Crippen molar-refractivity contribution in [3.05, 3.63) is 180 Å². The molecule has 0 saturated heterocycles. The zero-order valence-electron chi connectivity index (χ0n) is 36.0. The largest absolute Gasteiger partial charge is 0.460 e. The Morgan fingerprint density at radius 3 is 1.24 bits per heavy atom. The van der Waals surface area contributed by atoms with Crippen LogP contribution in [0.1, 0.15) is 85.5 Å². The zero-order chi connectivity index (χ0) is 44.3. The van der Waals surface area contributed by atoms with Crippen LogP contribution < -0.4 is 20.1 Å². The van der Waals surface area contributed by atoms with Crippen molar-refractivity contribution in [2.45, 2.75) is 64.7 Å². The van der Waals surface area contributed by atoms with Gasteiger partial charge < -0.3 is 29.9 Å². The number of rotatable bonds is 6. The third-order valence-electron chi connectivity index (χ3n) is 10.3. The predicted molar refractivity (Wildman–Crippen MR) is 244 cm³/mol. The van der Waals surface area contributed by atoms with Crippen molar-refractivity contribution < 1.29 is 28.7 Å². The molecule has 2 heterocycles. The van der Waals surface area contributed by atoms with Crippen molar-refractivity contribution in [1.82, 2.24) is 20.4 Å². The molecule has 4 amide bonds. The molecular formula is C52H52N4O6. The van der Waals surface area contributed by atoms with Crippen molar-refractivity contribution in [3.8, 4) is 11.5 Å². The molecular weight excluding hydrogens is 777 g/mol. The molecule has 2 N–H and O–H groups in total. The number of nitrogens with zero attached hydrogens (tertiary/aromatic N) is 2. The van der Waals surface area contributed by atoms with Gasteiger partial charge in [0.2, 0.25) is 11.8 Å². The first-order chi connectivity index (χ1) is 29.5. The van der Waals surface area contributed by atoms with E-state index in [1.807, 2.05) is 139 Å². The molecule has 6 aromatic carbocycles. The maximum atomic E-state index is 13.6. The number of carbonyl (C=O) groups excluding carboxylic acids is 4. The molecule has 8 rings (SSSR count). The van der Waals surface area contributed by atoms with Crippen LogP contribution in [0.3, 0.4) is 0 Å². The third kappa shape index (κ3) is 9.39. The summed E-state index contributed by atoms with van der Waals surface area (Å²) in [5.41, 5.74) is 1.44. The van der Waals surface area contributed by atoms with Gasteiger partial charge in [0.1, 0.15) is 35.1 Å². The van der Waals surface area contributed by atoms with Crippen LogP contribution in [0, 0.1) is 0 Å². The molecule has 2 aliphatic heterocycles. The number of benzene rings is 6. The molecule has 2 aliphatic rings. The van der Waals surface area contributed by atoms with E-state index in [0.717, 1.165) is 32.7 Å². The van der Waals surface area contributed by atoms with E-state index in [0.29, 0.717) is 34.1 Å². The van der Waals surface area contributed by atoms with Crippen LogP contribution in [-0.4, -0.2) is 57.6 Å². The first-order valence-electron chi connectivity index (χ1n) is 20.6. The molecule has 0 saturated carbocycles. The van der Waals surface area contributed by atoms with Gasteiger partial charge in [-0.3, -0.25) is 19.2 Å². The first kappa shape index (κ1) is 42.9. The van der Waals surface area contributed by atoms with Crippen LogP contribution in [0.2, 0.25) is 0 Å². The van der Waals surface area contributed by atoms with Crippen molar-refractivity contribution >= 4 is 45.2 Å². The predicted octanol–water partition coefficient (Wildman–Crippen LogP) is 9.69. The highest BCUT2D eigenvalue weighted by Crippen LogP contribution is 2.36. The lowest BCUT2D eigenvalue weighted by atomic mass is 9.95. The molecule has 0 fully saturated rings. The Bertz CT molecular complexity index is 2530. The second kappa shape index (κ2) is 17.4. The van der Waals surface area contributed by atoms with Crippen LogP contribution in [0.4, 0.5) is 0 Å². The summed E-state index contributed by atoms with van der Waals surface area (Å²) < 4.78 is 11.6. The minimum atomic E-state index is -0.843. The van der Waals surface area contributed by atoms with Gasteiger partial charge in [-0.2, -0.15) is 0 Å². The standard InChI is InChI=1S/2C26H26N2O3/c2*1-17-16-28(25(30)21-13-7-8-15-22(21)31-17)23(24(29)27-26(2,3)4)20-14-9-11-18-10-5-6-12-19(18)20/h2*5-15,23H,1,16H2,2-4H3,(H,27,29)/t2*23-/m11/s1. The molecule has 2 atom stereocenters. The van der Waals surface area contributed by atoms with Crippen molar-refractivity contribution in [2.24, 2.45) is 0 Å². The maximum absolute atomic E-state index is 13.6. The Balaban J connectivity index is 0.000000186. The topological polar surface area (TPSA) is 117 Å². The van der Waals surface area contributed by atoms with E-state index < -0.39 is 23.2 Å². The summed E-state index contributed by atoms with van der Waals surface area (Å²) in [5, 5.41) is 9.98. The fourth-order valence-corrected chi connectivity index (χ4v) is 7.85. The number of para-hydroxylation sites is 2. The summed E-state index contributed by atoms with van der Waals surface area (Å²) in [6, 6.07) is 39.8. The minimum absolute atomic E-state index is 0.110. The Hall–Kier alpha value is -7.20. The van der Waals surface area contributed by atoms with E-state index in [1.165, 1.54) is 0 Å². The molecule has 6 aromatic rings. The number of hydrogen-bond donors (Lipinski definition) is 2. The summed E-state index contributed by atoms with van der Waals surface area (Å²) in [4.78, 5) is 57.6. The van der Waals surface area contributed by atoms with E-state index in [4.69, 9.17) is 9.47 Å². The average molecular weight is 829 g/mol. The summed E-state index contributed by atoms with van der Waals surface area (Å²) >= 11 is 0. The third-order valence-corrected chi connectivity index (χ3v) is 10.3. The normalized spacial score (nSPS) is 15.1. The molecule has 10 heteroatoms. The number of carbonyl (C=O) groups is 4. The van der Waals surface area contributed by atoms with Gasteiger partial charge >= 0.3 is 0 Å². The smallest absolute Gasteiger partial charge is 0.259 e. The fraction of sp³-hybridized carbons (Fsp3) is 0.231. The number of hydrogen-bond acceptors (Lipinski definition) is 6. The van der Waals surface area contributed by atoms with E-state index in [1.54, 1.807) is 46.2 Å². The van der Waals surface area contributed by atoms with E-state index >= 15 is 0 Å². The summed E-state index contributed by atoms with van der Waals surface area (Å²) in [5.74, 6) is 0.696. The lowest BCUT2D eigenvalue weighted by Crippen LogP contribution is -2.49. The summed E-state index contributed by atoms with van der Waals surface area (Å²) in [6.45, 7) is 19.7. The Morgan fingerprint density at radius 2 is 0.855 bits per heavy atom. The van der Waals surface area contributed by atoms with Crippen molar-refractivity contribution in [3.63, 3.8) is 0 Å². The first-order valence-corrected chi connectivity index (χ1v) is 20.6. The maximum Gasteiger partial charge on any atom is 0.259 e. The van der Waals surface area contributed by atoms with Gasteiger partial charge in [0.25, 0.3) is 11.8 Å². The van der Waals surface area contributed by atoms with E-state index in [2.05, 4.69) is 23.8 Å². The van der Waals surface area contributed by atoms with Crippen molar-refractivity contribution in [2.75, 3.05) is 13.1 Å². The molecule has 316 valence electrons. The van der Waals surface area contributed by atoms with E-state index in [-0.39, 0.29) is 36.7 Å². The highest BCUT2D eigenvalue weighted by atomic mass is 16.5. The van der Waals surface area contributed by atoms with E-state index in [9.17, 15) is 19.2 Å². The van der Waals surface area contributed by atoms with Gasteiger partial charge in [0, 0.05) is 11.1 Å². The Labute approximate surface area is 362 Å². The summed E-state index contributed by atoms with van der Waals surface area (Å²) in [6.07, 6.45) is 0. The van der Waals surface area contributed by atoms with Crippen LogP contribution >= 0.6 is 0 Å². The molecule has 0 radical (unpaired) electrons. The quantitative estimate of drug-likeness (QED) is 0.173. The lowest BCUT2D eigenvalue weighted by molar-refractivity contribution is -0.128. The molecule has 0 aliphatic carbocycles. The number of amides is 4. The Morgan fingerprint density at radius 1 is 0.516 bits per heavy atom. The zero-order valence-corrected chi connectivity index (χ0v) is 36.0. The van der Waals surface area contributed by atoms with Gasteiger partial charge in [-0.15, -0.1) is 0 Å². The minimum Gasteiger partial charge on any atom is -0.460 e. The Kier molecular flexibility index (Phi) is 12.1. The molecule has 0 bridgehead atoms. The number of fused-ring (bicyclic) bond motifs is 4. The second-order valence-corrected chi connectivity index (χ2v) is 17.6. The molecule has 0 spiro atoms. The molecule has 10 nitrogen and oxygen atoms in total. The molecule has 0 aromatic heterocycles. The monoisotopic (exact) mass is 828 g/mol. The fourth-order valence-electron chi connectivity index (χ4n) is 7.85. The van der Waals surface area contributed by atoms with Gasteiger partial charge in [0.15, 0.2) is 0 Å².